The molecule has 0 fully saturated rings. The Morgan fingerprint density at radius 2 is 1.82 bits per heavy atom. The molecule has 0 saturated heterocycles. The standard InChI is InChI=1S/C16H17N/c1-12-6-5-8-14(10-12)13(2)11-15-7-3-4-9-16(15)17/h3-11H,17H2,1-2H3/b13-11+. The molecule has 17 heavy (non-hydrogen) atoms. The van der Waals surface area contributed by atoms with E-state index in [0.717, 1.165) is 11.3 Å². The third-order valence-corrected chi connectivity index (χ3v) is 2.84. The molecule has 0 aliphatic rings. The van der Waals surface area contributed by atoms with Gasteiger partial charge in [-0.05, 0) is 42.7 Å². The maximum atomic E-state index is 5.93. The molecule has 1 heteroatoms. The molecular formula is C16H17N. The summed E-state index contributed by atoms with van der Waals surface area (Å²) in [6.45, 7) is 4.22. The Kier molecular flexibility index (Phi) is 3.29. The summed E-state index contributed by atoms with van der Waals surface area (Å²) >= 11 is 0. The Morgan fingerprint density at radius 1 is 1.06 bits per heavy atom. The van der Waals surface area contributed by atoms with E-state index < -0.39 is 0 Å². The van der Waals surface area contributed by atoms with Crippen molar-refractivity contribution in [1.29, 1.82) is 0 Å². The highest BCUT2D eigenvalue weighted by atomic mass is 14.5. The zero-order chi connectivity index (χ0) is 12.3. The largest absolute Gasteiger partial charge is 0.398 e. The van der Waals surface area contributed by atoms with Crippen LogP contribution in [0.5, 0.6) is 0 Å². The van der Waals surface area contributed by atoms with Crippen LogP contribution in [0.4, 0.5) is 5.69 Å². The maximum Gasteiger partial charge on any atom is 0.0387 e. The van der Waals surface area contributed by atoms with E-state index in [9.17, 15) is 0 Å². The minimum absolute atomic E-state index is 0.819. The van der Waals surface area contributed by atoms with Crippen molar-refractivity contribution in [2.45, 2.75) is 13.8 Å². The molecule has 0 unspecified atom stereocenters. The van der Waals surface area contributed by atoms with Gasteiger partial charge in [0.15, 0.2) is 0 Å². The van der Waals surface area contributed by atoms with Gasteiger partial charge in [-0.25, -0.2) is 0 Å². The van der Waals surface area contributed by atoms with E-state index in [1.807, 2.05) is 24.3 Å². The molecule has 1 nitrogen and oxygen atoms in total. The number of hydrogen-bond donors (Lipinski definition) is 1. The van der Waals surface area contributed by atoms with Gasteiger partial charge >= 0.3 is 0 Å². The van der Waals surface area contributed by atoms with Gasteiger partial charge in [-0.2, -0.15) is 0 Å². The van der Waals surface area contributed by atoms with E-state index >= 15 is 0 Å². The Morgan fingerprint density at radius 3 is 2.53 bits per heavy atom. The first kappa shape index (κ1) is 11.5. The number of benzene rings is 2. The van der Waals surface area contributed by atoms with Gasteiger partial charge in [0.1, 0.15) is 0 Å². The van der Waals surface area contributed by atoms with Crippen LogP contribution in [0.2, 0.25) is 0 Å². The lowest BCUT2D eigenvalue weighted by atomic mass is 10.0. The van der Waals surface area contributed by atoms with Gasteiger partial charge in [0.2, 0.25) is 0 Å². The summed E-state index contributed by atoms with van der Waals surface area (Å²) in [5.74, 6) is 0. The van der Waals surface area contributed by atoms with Crippen LogP contribution >= 0.6 is 0 Å². The SMILES string of the molecule is C/C(=C\c1ccccc1N)c1cccc(C)c1. The van der Waals surface area contributed by atoms with Gasteiger partial charge < -0.3 is 5.73 Å². The highest BCUT2D eigenvalue weighted by Crippen LogP contribution is 2.21. The maximum absolute atomic E-state index is 5.93. The molecule has 0 radical (unpaired) electrons. The zero-order valence-electron chi connectivity index (χ0n) is 10.3. The van der Waals surface area contributed by atoms with E-state index in [4.69, 9.17) is 5.73 Å². The fourth-order valence-corrected chi connectivity index (χ4v) is 1.85. The first-order valence-corrected chi connectivity index (χ1v) is 5.76. The van der Waals surface area contributed by atoms with Crippen molar-refractivity contribution in [3.63, 3.8) is 0 Å². The minimum atomic E-state index is 0.819. The van der Waals surface area contributed by atoms with Crippen molar-refractivity contribution in [2.75, 3.05) is 5.73 Å². The molecule has 2 aromatic rings. The summed E-state index contributed by atoms with van der Waals surface area (Å²) < 4.78 is 0. The number of anilines is 1. The van der Waals surface area contributed by atoms with Gasteiger partial charge in [0.05, 0.1) is 0 Å². The highest BCUT2D eigenvalue weighted by molar-refractivity contribution is 5.83. The average molecular weight is 223 g/mol. The lowest BCUT2D eigenvalue weighted by Crippen LogP contribution is -1.89. The third kappa shape index (κ3) is 2.76. The van der Waals surface area contributed by atoms with Crippen LogP contribution in [0.1, 0.15) is 23.6 Å². The number of hydrogen-bond acceptors (Lipinski definition) is 1. The summed E-state index contributed by atoms with van der Waals surface area (Å²) in [6.07, 6.45) is 2.13. The third-order valence-electron chi connectivity index (χ3n) is 2.84. The monoisotopic (exact) mass is 223 g/mol. The van der Waals surface area contributed by atoms with Crippen molar-refractivity contribution in [1.82, 2.24) is 0 Å². The molecule has 2 rings (SSSR count). The van der Waals surface area contributed by atoms with Gasteiger partial charge in [-0.3, -0.25) is 0 Å². The summed E-state index contributed by atoms with van der Waals surface area (Å²) in [7, 11) is 0. The summed E-state index contributed by atoms with van der Waals surface area (Å²) in [6, 6.07) is 16.4. The summed E-state index contributed by atoms with van der Waals surface area (Å²) in [5.41, 5.74) is 11.6. The molecule has 0 bridgehead atoms. The van der Waals surface area contributed by atoms with Crippen LogP contribution in [0.25, 0.3) is 11.6 Å². The van der Waals surface area contributed by atoms with E-state index in [1.165, 1.54) is 16.7 Å². The number of para-hydroxylation sites is 1. The number of allylic oxidation sites excluding steroid dienone is 1. The van der Waals surface area contributed by atoms with Crippen LogP contribution in [-0.4, -0.2) is 0 Å². The van der Waals surface area contributed by atoms with E-state index in [2.05, 4.69) is 44.2 Å². The molecule has 0 saturated carbocycles. The van der Waals surface area contributed by atoms with Crippen LogP contribution in [0, 0.1) is 6.92 Å². The van der Waals surface area contributed by atoms with Crippen molar-refractivity contribution in [3.8, 4) is 0 Å². The van der Waals surface area contributed by atoms with Gasteiger partial charge in [0, 0.05) is 5.69 Å². The summed E-state index contributed by atoms with van der Waals surface area (Å²) in [5, 5.41) is 0. The number of aryl methyl sites for hydroxylation is 1. The molecule has 0 heterocycles. The molecule has 0 amide bonds. The number of nitrogens with two attached hydrogens (primary N) is 1. The minimum Gasteiger partial charge on any atom is -0.398 e. The van der Waals surface area contributed by atoms with Gasteiger partial charge in [-0.15, -0.1) is 0 Å². The van der Waals surface area contributed by atoms with Crippen LogP contribution in [0.3, 0.4) is 0 Å². The van der Waals surface area contributed by atoms with Crippen molar-refractivity contribution in [2.24, 2.45) is 0 Å². The normalized spacial score (nSPS) is 11.5. The lowest BCUT2D eigenvalue weighted by molar-refractivity contribution is 1.44. The van der Waals surface area contributed by atoms with E-state index in [0.29, 0.717) is 0 Å². The molecule has 0 atom stereocenters. The lowest BCUT2D eigenvalue weighted by Gasteiger charge is -2.05. The van der Waals surface area contributed by atoms with Crippen molar-refractivity contribution in [3.05, 3.63) is 65.2 Å². The molecule has 0 spiro atoms. The second-order valence-electron chi connectivity index (χ2n) is 4.33. The topological polar surface area (TPSA) is 26.0 Å². The molecule has 0 aliphatic heterocycles. The van der Waals surface area contributed by atoms with Gasteiger partial charge in [0.25, 0.3) is 0 Å². The smallest absolute Gasteiger partial charge is 0.0387 e. The molecule has 2 aromatic carbocycles. The van der Waals surface area contributed by atoms with Crippen LogP contribution in [-0.2, 0) is 0 Å². The summed E-state index contributed by atoms with van der Waals surface area (Å²) in [4.78, 5) is 0. The predicted octanol–water partition coefficient (Wildman–Crippen LogP) is 4.14. The zero-order valence-corrected chi connectivity index (χ0v) is 10.3. The average Bonchev–Trinajstić information content (AvgIpc) is 2.32. The quantitative estimate of drug-likeness (QED) is 0.601. The fraction of sp³-hybridized carbons (Fsp3) is 0.125. The number of nitrogen functional groups attached to an aromatic ring is 1. The number of rotatable bonds is 2. The molecule has 86 valence electrons. The molecule has 2 N–H and O–H groups in total. The van der Waals surface area contributed by atoms with Gasteiger partial charge in [-0.1, -0.05) is 48.0 Å². The second kappa shape index (κ2) is 4.88. The van der Waals surface area contributed by atoms with Crippen LogP contribution in [0.15, 0.2) is 48.5 Å². The molecule has 0 aliphatic carbocycles. The Labute approximate surface area is 103 Å². The Balaban J connectivity index is 2.38. The molecule has 0 aromatic heterocycles. The first-order valence-electron chi connectivity index (χ1n) is 5.76. The fourth-order valence-electron chi connectivity index (χ4n) is 1.85. The first-order chi connectivity index (χ1) is 8.16. The second-order valence-corrected chi connectivity index (χ2v) is 4.33. The Bertz CT molecular complexity index is 553. The highest BCUT2D eigenvalue weighted by Gasteiger charge is 1.98. The van der Waals surface area contributed by atoms with E-state index in [1.54, 1.807) is 0 Å². The molecular weight excluding hydrogens is 206 g/mol. The predicted molar refractivity (Wildman–Crippen MR) is 75.6 cm³/mol. The van der Waals surface area contributed by atoms with Crippen LogP contribution < -0.4 is 5.73 Å². The van der Waals surface area contributed by atoms with Crippen molar-refractivity contribution >= 4 is 17.3 Å². The Hall–Kier alpha value is -2.02. The van der Waals surface area contributed by atoms with E-state index in [-0.39, 0.29) is 0 Å². The van der Waals surface area contributed by atoms with Crippen molar-refractivity contribution < 1.29 is 0 Å².